The number of aromatic nitrogens is 4. The number of hydrogen-bond donors (Lipinski definition) is 6. The standard InChI is InChI=1S/C58H93N10O7PS2/c1-13-19-21-45(27-33-77-11)63-51-47(39(7)61-55(59)65-51)37-43-35-41(23-25-49(43)72-9)53(69)67-57(15-3,16-4)29-31-74-76(71)75-32-30-58(17-5,18-6)68-54(70)42-24-26-50(73-10)44(36-42)38-48-40(8)62-56(60)66-52(48)64-46(22-20-14-2)28-34-78-12/h23-26,35-36,45-46,76H,13-22,27-34,37-38H2,1-12H3,(H,67,69)(H,68,70)(H3,59,61,63,65)(H3,60,62,64,66). The van der Waals surface area contributed by atoms with E-state index in [1.807, 2.05) is 89.3 Å². The highest BCUT2D eigenvalue weighted by molar-refractivity contribution is 7.98. The van der Waals surface area contributed by atoms with Crippen LogP contribution in [0, 0.1) is 13.8 Å². The van der Waals surface area contributed by atoms with E-state index >= 15 is 0 Å². The van der Waals surface area contributed by atoms with Crippen molar-refractivity contribution in [2.45, 2.75) is 181 Å². The summed E-state index contributed by atoms with van der Waals surface area (Å²) in [4.78, 5) is 46.6. The highest BCUT2D eigenvalue weighted by Gasteiger charge is 2.31. The number of carbonyl (C=O) groups excluding carboxylic acids is 2. The summed E-state index contributed by atoms with van der Waals surface area (Å²) in [5, 5.41) is 14.0. The number of rotatable bonds is 38. The number of thioether (sulfide) groups is 2. The second-order valence-electron chi connectivity index (χ2n) is 20.3. The predicted octanol–water partition coefficient (Wildman–Crippen LogP) is 12.2. The van der Waals surface area contributed by atoms with Crippen molar-refractivity contribution in [3.8, 4) is 11.5 Å². The Morgan fingerprint density at radius 1 is 0.615 bits per heavy atom. The molecule has 2 heterocycles. The van der Waals surface area contributed by atoms with Crippen molar-refractivity contribution in [3.63, 3.8) is 0 Å². The first-order valence-corrected chi connectivity index (χ1v) is 32.1. The van der Waals surface area contributed by atoms with Crippen molar-refractivity contribution in [3.05, 3.63) is 81.2 Å². The van der Waals surface area contributed by atoms with E-state index in [0.717, 1.165) is 96.5 Å². The van der Waals surface area contributed by atoms with Gasteiger partial charge >= 0.3 is 8.25 Å². The minimum atomic E-state index is -2.92. The number of amides is 2. The first-order chi connectivity index (χ1) is 37.5. The summed E-state index contributed by atoms with van der Waals surface area (Å²) in [6.45, 7) is 16.5. The fourth-order valence-electron chi connectivity index (χ4n) is 9.79. The number of methoxy groups -OCH3 is 2. The maximum Gasteiger partial charge on any atom is 0.319 e. The Morgan fingerprint density at radius 3 is 1.33 bits per heavy atom. The molecule has 0 aliphatic carbocycles. The van der Waals surface area contributed by atoms with E-state index in [-0.39, 0.29) is 49.0 Å². The van der Waals surface area contributed by atoms with Gasteiger partial charge in [-0.2, -0.15) is 33.5 Å². The summed E-state index contributed by atoms with van der Waals surface area (Å²) in [5.74, 6) is 4.67. The van der Waals surface area contributed by atoms with Gasteiger partial charge < -0.3 is 51.3 Å². The minimum absolute atomic E-state index is 0.107. The Labute approximate surface area is 475 Å². The van der Waals surface area contributed by atoms with Crippen molar-refractivity contribution in [1.29, 1.82) is 0 Å². The van der Waals surface area contributed by atoms with E-state index in [0.29, 0.717) is 85.6 Å². The van der Waals surface area contributed by atoms with Gasteiger partial charge in [-0.15, -0.1) is 0 Å². The molecule has 2 aromatic heterocycles. The Hall–Kier alpha value is -4.81. The molecule has 0 fully saturated rings. The van der Waals surface area contributed by atoms with Crippen molar-refractivity contribution in [2.75, 3.05) is 73.6 Å². The summed E-state index contributed by atoms with van der Waals surface area (Å²) in [6, 6.07) is 11.3. The zero-order valence-corrected chi connectivity index (χ0v) is 51.5. The van der Waals surface area contributed by atoms with Gasteiger partial charge in [-0.05, 0) is 150 Å². The number of nitrogens with zero attached hydrogens (tertiary/aromatic N) is 4. The molecule has 4 rings (SSSR count). The molecule has 0 saturated heterocycles. The van der Waals surface area contributed by atoms with Crippen molar-refractivity contribution >= 4 is 67.1 Å². The van der Waals surface area contributed by atoms with E-state index in [9.17, 15) is 14.2 Å². The Kier molecular flexibility index (Phi) is 28.4. The average Bonchev–Trinajstić information content (AvgIpc) is 3.43. The van der Waals surface area contributed by atoms with Gasteiger partial charge in [0.2, 0.25) is 11.9 Å². The van der Waals surface area contributed by atoms with Gasteiger partial charge in [0.25, 0.3) is 11.8 Å². The molecule has 0 radical (unpaired) electrons. The summed E-state index contributed by atoms with van der Waals surface area (Å²) in [6.07, 6.45) is 16.8. The van der Waals surface area contributed by atoms with E-state index in [1.165, 1.54) is 0 Å². The molecule has 2 unspecified atom stereocenters. The van der Waals surface area contributed by atoms with E-state index in [2.05, 4.69) is 67.6 Å². The minimum Gasteiger partial charge on any atom is -0.496 e. The van der Waals surface area contributed by atoms with Crippen LogP contribution in [-0.2, 0) is 26.5 Å². The largest absolute Gasteiger partial charge is 0.496 e. The van der Waals surface area contributed by atoms with Gasteiger partial charge in [0.05, 0.1) is 27.4 Å². The van der Waals surface area contributed by atoms with Gasteiger partial charge in [0, 0.05) is 69.6 Å². The number of anilines is 4. The molecule has 2 aromatic carbocycles. The predicted molar refractivity (Wildman–Crippen MR) is 326 cm³/mol. The smallest absolute Gasteiger partial charge is 0.319 e. The van der Waals surface area contributed by atoms with Crippen LogP contribution in [0.4, 0.5) is 23.5 Å². The quantitative estimate of drug-likeness (QED) is 0.0229. The summed E-state index contributed by atoms with van der Waals surface area (Å²) in [7, 11) is 0.325. The molecule has 4 aromatic rings. The molecular formula is C58H93N10O7PS2. The highest BCUT2D eigenvalue weighted by atomic mass is 32.2. The van der Waals surface area contributed by atoms with Crippen LogP contribution in [0.1, 0.15) is 186 Å². The van der Waals surface area contributed by atoms with E-state index in [1.54, 1.807) is 26.4 Å². The number of carbonyl (C=O) groups is 2. The average molecular weight is 1140 g/mol. The molecule has 78 heavy (non-hydrogen) atoms. The fourth-order valence-corrected chi connectivity index (χ4v) is 11.5. The van der Waals surface area contributed by atoms with Crippen LogP contribution in [0.25, 0.3) is 0 Å². The van der Waals surface area contributed by atoms with Gasteiger partial charge in [-0.25, -0.2) is 9.97 Å². The third kappa shape index (κ3) is 19.8. The molecule has 8 N–H and O–H groups in total. The van der Waals surface area contributed by atoms with E-state index < -0.39 is 19.3 Å². The van der Waals surface area contributed by atoms with Crippen molar-refractivity contribution in [1.82, 2.24) is 30.6 Å². The summed E-state index contributed by atoms with van der Waals surface area (Å²) in [5.41, 5.74) is 17.0. The van der Waals surface area contributed by atoms with Crippen LogP contribution in [0.5, 0.6) is 11.5 Å². The van der Waals surface area contributed by atoms with Crippen LogP contribution >= 0.6 is 31.8 Å². The first-order valence-electron chi connectivity index (χ1n) is 28.0. The normalized spacial score (nSPS) is 12.9. The zero-order chi connectivity index (χ0) is 57.3. The van der Waals surface area contributed by atoms with Gasteiger partial charge in [0.1, 0.15) is 23.1 Å². The molecule has 17 nitrogen and oxygen atoms in total. The second kappa shape index (κ2) is 33.7. The molecule has 434 valence electrons. The highest BCUT2D eigenvalue weighted by Crippen LogP contribution is 2.34. The molecule has 20 heteroatoms. The number of nitrogens with two attached hydrogens (primary N) is 2. The molecule has 0 aliphatic heterocycles. The summed E-state index contributed by atoms with van der Waals surface area (Å²) < 4.78 is 36.5. The van der Waals surface area contributed by atoms with Gasteiger partial charge in [-0.3, -0.25) is 14.2 Å². The Morgan fingerprint density at radius 2 is 1.00 bits per heavy atom. The number of benzene rings is 2. The van der Waals surface area contributed by atoms with Crippen LogP contribution in [0.15, 0.2) is 36.4 Å². The SMILES string of the molecule is CCCCC(CCSC)Nc1nc(N)nc(C)c1Cc1cc(C(=O)NC(CC)(CC)CCO[PH](=O)OCCC(CC)(CC)NC(=O)c2ccc(OC)c(Cc3c(C)nc(N)nc3NC(CCCC)CCSC)c2)ccc1OC. The number of ether oxygens (including phenoxy) is 2. The Bertz CT molecular complexity index is 2350. The van der Waals surface area contributed by atoms with Crippen LogP contribution in [-0.4, -0.2) is 106 Å². The maximum absolute atomic E-state index is 14.1. The van der Waals surface area contributed by atoms with Crippen LogP contribution in [0.3, 0.4) is 0 Å². The molecule has 0 aliphatic rings. The molecule has 0 spiro atoms. The van der Waals surface area contributed by atoms with Crippen LogP contribution in [0.2, 0.25) is 0 Å². The van der Waals surface area contributed by atoms with E-state index in [4.69, 9.17) is 30.0 Å². The van der Waals surface area contributed by atoms with Crippen molar-refractivity contribution in [2.24, 2.45) is 0 Å². The number of nitrogens with one attached hydrogen (secondary N) is 4. The monoisotopic (exact) mass is 1140 g/mol. The van der Waals surface area contributed by atoms with Crippen molar-refractivity contribution < 1.29 is 32.7 Å². The lowest BCUT2D eigenvalue weighted by Gasteiger charge is -2.33. The second-order valence-corrected chi connectivity index (χ2v) is 23.3. The molecule has 0 saturated carbocycles. The lowest BCUT2D eigenvalue weighted by molar-refractivity contribution is 0.0870. The zero-order valence-electron chi connectivity index (χ0n) is 48.9. The molecular weight excluding hydrogens is 1040 g/mol. The number of unbranched alkanes of at least 4 members (excludes halogenated alkanes) is 2. The van der Waals surface area contributed by atoms with Crippen LogP contribution < -0.4 is 42.2 Å². The molecule has 0 bridgehead atoms. The number of nitrogen functional groups attached to an aromatic ring is 2. The molecule has 2 atom stereocenters. The number of hydrogen-bond acceptors (Lipinski definition) is 17. The Balaban J connectivity index is 1.40. The van der Waals surface area contributed by atoms with Gasteiger partial charge in [-0.1, -0.05) is 67.2 Å². The lowest BCUT2D eigenvalue weighted by atomic mass is 9.88. The van der Waals surface area contributed by atoms with Gasteiger partial charge in [0.15, 0.2) is 0 Å². The molecule has 2 amide bonds. The third-order valence-corrected chi connectivity index (χ3v) is 17.3. The topological polar surface area (TPSA) is 240 Å². The lowest BCUT2D eigenvalue weighted by Crippen LogP contribution is -2.48. The first kappa shape index (κ1) is 65.7. The number of aryl methyl sites for hydroxylation is 2. The maximum atomic E-state index is 14.1. The summed E-state index contributed by atoms with van der Waals surface area (Å²) >= 11 is 3.65. The third-order valence-electron chi connectivity index (χ3n) is 15.2. The fraction of sp³-hybridized carbons (Fsp3) is 0.621.